The van der Waals surface area contributed by atoms with Gasteiger partial charge in [-0.1, -0.05) is 24.3 Å². The minimum atomic E-state index is -0.202. The van der Waals surface area contributed by atoms with E-state index >= 15 is 0 Å². The molecule has 0 heterocycles. The van der Waals surface area contributed by atoms with Crippen LogP contribution in [0.4, 0.5) is 0 Å². The highest BCUT2D eigenvalue weighted by molar-refractivity contribution is 5.77. The fraction of sp³-hybridized carbons (Fsp3) is 0.462. The molecule has 0 fully saturated rings. The minimum absolute atomic E-state index is 0.172. The van der Waals surface area contributed by atoms with Crippen molar-refractivity contribution in [2.45, 2.75) is 26.2 Å². The Morgan fingerprint density at radius 1 is 1.38 bits per heavy atom. The molecule has 0 spiro atoms. The quantitative estimate of drug-likeness (QED) is 0.772. The van der Waals surface area contributed by atoms with Gasteiger partial charge in [0.25, 0.3) is 0 Å². The van der Waals surface area contributed by atoms with E-state index in [1.165, 1.54) is 5.56 Å². The van der Waals surface area contributed by atoms with Crippen molar-refractivity contribution in [2.24, 2.45) is 5.73 Å². The summed E-state index contributed by atoms with van der Waals surface area (Å²) in [5.41, 5.74) is 7.65. The fourth-order valence-electron chi connectivity index (χ4n) is 1.54. The van der Waals surface area contributed by atoms with E-state index in [0.717, 1.165) is 12.0 Å². The Hall–Kier alpha value is -1.35. The summed E-state index contributed by atoms with van der Waals surface area (Å²) in [7, 11) is 0. The van der Waals surface area contributed by atoms with Crippen molar-refractivity contribution in [3.8, 4) is 0 Å². The monoisotopic (exact) mass is 221 g/mol. The molecule has 1 unspecified atom stereocenters. The topological polar surface area (TPSA) is 52.3 Å². The molecule has 0 aliphatic rings. The first-order valence-electron chi connectivity index (χ1n) is 5.64. The van der Waals surface area contributed by atoms with Crippen LogP contribution >= 0.6 is 0 Å². The summed E-state index contributed by atoms with van der Waals surface area (Å²) < 4.78 is 4.98. The summed E-state index contributed by atoms with van der Waals surface area (Å²) in [6.45, 7) is 4.74. The molecule has 16 heavy (non-hydrogen) atoms. The molecule has 1 aromatic carbocycles. The molecule has 0 aliphatic heterocycles. The van der Waals surface area contributed by atoms with Crippen molar-refractivity contribution in [1.82, 2.24) is 0 Å². The van der Waals surface area contributed by atoms with Crippen LogP contribution < -0.4 is 5.73 Å². The highest BCUT2D eigenvalue weighted by Gasteiger charge is 2.15. The summed E-state index contributed by atoms with van der Waals surface area (Å²) in [6.07, 6.45) is 0.869. The first-order chi connectivity index (χ1) is 7.69. The lowest BCUT2D eigenvalue weighted by molar-refractivity contribution is -0.144. The van der Waals surface area contributed by atoms with Crippen LogP contribution in [0.15, 0.2) is 24.3 Å². The zero-order valence-corrected chi connectivity index (χ0v) is 9.90. The standard InChI is InChI=1S/C13H19NO2/c1-3-16-13(15)10(2)12-6-4-11(5-7-12)8-9-14/h4-7,10H,3,8-9,14H2,1-2H3. The number of hydrogen-bond acceptors (Lipinski definition) is 3. The molecule has 1 aromatic rings. The van der Waals surface area contributed by atoms with Gasteiger partial charge in [-0.3, -0.25) is 4.79 Å². The van der Waals surface area contributed by atoms with Crippen LogP contribution in [0.3, 0.4) is 0 Å². The van der Waals surface area contributed by atoms with E-state index in [9.17, 15) is 4.79 Å². The molecule has 88 valence electrons. The summed E-state index contributed by atoms with van der Waals surface area (Å²) in [6, 6.07) is 7.95. The van der Waals surface area contributed by atoms with E-state index in [-0.39, 0.29) is 11.9 Å². The van der Waals surface area contributed by atoms with Gasteiger partial charge < -0.3 is 10.5 Å². The van der Waals surface area contributed by atoms with Crippen LogP contribution in [-0.2, 0) is 16.0 Å². The molecular formula is C13H19NO2. The average Bonchev–Trinajstić information content (AvgIpc) is 2.30. The zero-order valence-electron chi connectivity index (χ0n) is 9.90. The molecule has 3 nitrogen and oxygen atoms in total. The lowest BCUT2D eigenvalue weighted by Crippen LogP contribution is -2.13. The van der Waals surface area contributed by atoms with Gasteiger partial charge in [0.05, 0.1) is 12.5 Å². The van der Waals surface area contributed by atoms with Crippen LogP contribution in [0.2, 0.25) is 0 Å². The van der Waals surface area contributed by atoms with Gasteiger partial charge in [-0.15, -0.1) is 0 Å². The van der Waals surface area contributed by atoms with Gasteiger partial charge in [0, 0.05) is 0 Å². The van der Waals surface area contributed by atoms with E-state index in [0.29, 0.717) is 13.2 Å². The Labute approximate surface area is 96.6 Å². The molecular weight excluding hydrogens is 202 g/mol. The zero-order chi connectivity index (χ0) is 12.0. The Balaban J connectivity index is 2.69. The van der Waals surface area contributed by atoms with Crippen LogP contribution in [0.5, 0.6) is 0 Å². The van der Waals surface area contributed by atoms with Gasteiger partial charge in [0.2, 0.25) is 0 Å². The minimum Gasteiger partial charge on any atom is -0.466 e. The van der Waals surface area contributed by atoms with E-state index < -0.39 is 0 Å². The van der Waals surface area contributed by atoms with Gasteiger partial charge in [0.15, 0.2) is 0 Å². The van der Waals surface area contributed by atoms with Crippen molar-refractivity contribution < 1.29 is 9.53 Å². The smallest absolute Gasteiger partial charge is 0.313 e. The van der Waals surface area contributed by atoms with Gasteiger partial charge in [0.1, 0.15) is 0 Å². The SMILES string of the molecule is CCOC(=O)C(C)c1ccc(CCN)cc1. The van der Waals surface area contributed by atoms with Crippen LogP contribution in [-0.4, -0.2) is 19.1 Å². The average molecular weight is 221 g/mol. The Bertz CT molecular complexity index is 332. The number of rotatable bonds is 5. The predicted molar refractivity (Wildman–Crippen MR) is 64.2 cm³/mol. The van der Waals surface area contributed by atoms with Gasteiger partial charge in [-0.25, -0.2) is 0 Å². The number of carbonyl (C=O) groups is 1. The third-order valence-electron chi connectivity index (χ3n) is 2.55. The van der Waals surface area contributed by atoms with Gasteiger partial charge >= 0.3 is 5.97 Å². The molecule has 0 radical (unpaired) electrons. The maximum absolute atomic E-state index is 11.5. The largest absolute Gasteiger partial charge is 0.466 e. The first kappa shape index (κ1) is 12.7. The third kappa shape index (κ3) is 3.35. The molecule has 2 N–H and O–H groups in total. The molecule has 1 atom stereocenters. The molecule has 0 saturated carbocycles. The van der Waals surface area contributed by atoms with E-state index in [1.807, 2.05) is 38.1 Å². The molecule has 0 saturated heterocycles. The highest BCUT2D eigenvalue weighted by Crippen LogP contribution is 2.17. The van der Waals surface area contributed by atoms with E-state index in [4.69, 9.17) is 10.5 Å². The number of esters is 1. The fourth-order valence-corrected chi connectivity index (χ4v) is 1.54. The highest BCUT2D eigenvalue weighted by atomic mass is 16.5. The second-order valence-electron chi connectivity index (χ2n) is 3.75. The molecule has 0 aliphatic carbocycles. The van der Waals surface area contributed by atoms with E-state index in [2.05, 4.69) is 0 Å². The lowest BCUT2D eigenvalue weighted by atomic mass is 9.99. The van der Waals surface area contributed by atoms with Gasteiger partial charge in [-0.05, 0) is 37.9 Å². The Kier molecular flexibility index (Phi) is 4.99. The van der Waals surface area contributed by atoms with Crippen molar-refractivity contribution in [3.63, 3.8) is 0 Å². The van der Waals surface area contributed by atoms with Crippen molar-refractivity contribution in [2.75, 3.05) is 13.2 Å². The van der Waals surface area contributed by atoms with Crippen molar-refractivity contribution >= 4 is 5.97 Å². The maximum atomic E-state index is 11.5. The predicted octanol–water partition coefficient (Wildman–Crippen LogP) is 1.85. The summed E-state index contributed by atoms with van der Waals surface area (Å²) >= 11 is 0. The van der Waals surface area contributed by atoms with Crippen molar-refractivity contribution in [1.29, 1.82) is 0 Å². The van der Waals surface area contributed by atoms with E-state index in [1.54, 1.807) is 0 Å². The summed E-state index contributed by atoms with van der Waals surface area (Å²) in [5, 5.41) is 0. The Morgan fingerprint density at radius 2 is 2.00 bits per heavy atom. The Morgan fingerprint density at radius 3 is 2.50 bits per heavy atom. The summed E-state index contributed by atoms with van der Waals surface area (Å²) in [4.78, 5) is 11.5. The van der Waals surface area contributed by atoms with Crippen molar-refractivity contribution in [3.05, 3.63) is 35.4 Å². The summed E-state index contributed by atoms with van der Waals surface area (Å²) in [5.74, 6) is -0.374. The second-order valence-corrected chi connectivity index (χ2v) is 3.75. The number of carbonyl (C=O) groups excluding carboxylic acids is 1. The molecule has 1 rings (SSSR count). The number of nitrogens with two attached hydrogens (primary N) is 1. The van der Waals surface area contributed by atoms with Crippen LogP contribution in [0.1, 0.15) is 30.9 Å². The van der Waals surface area contributed by atoms with Gasteiger partial charge in [-0.2, -0.15) is 0 Å². The number of ether oxygens (including phenoxy) is 1. The number of benzene rings is 1. The number of hydrogen-bond donors (Lipinski definition) is 1. The maximum Gasteiger partial charge on any atom is 0.313 e. The molecule has 0 bridgehead atoms. The molecule has 3 heteroatoms. The lowest BCUT2D eigenvalue weighted by Gasteiger charge is -2.11. The third-order valence-corrected chi connectivity index (χ3v) is 2.55. The molecule has 0 aromatic heterocycles. The normalized spacial score (nSPS) is 12.2. The van der Waals surface area contributed by atoms with Crippen LogP contribution in [0.25, 0.3) is 0 Å². The molecule has 0 amide bonds. The van der Waals surface area contributed by atoms with Crippen LogP contribution in [0, 0.1) is 0 Å². The second kappa shape index (κ2) is 6.28. The first-order valence-corrected chi connectivity index (χ1v) is 5.64.